The second kappa shape index (κ2) is 5.29. The van der Waals surface area contributed by atoms with Gasteiger partial charge in [0, 0.05) is 25.7 Å². The van der Waals surface area contributed by atoms with Crippen LogP contribution in [0.15, 0.2) is 16.9 Å². The Morgan fingerprint density at radius 1 is 1.65 bits per heavy atom. The lowest BCUT2D eigenvalue weighted by atomic mass is 10.2. The van der Waals surface area contributed by atoms with E-state index >= 15 is 0 Å². The number of ether oxygens (including phenoxy) is 2. The van der Waals surface area contributed by atoms with Crippen molar-refractivity contribution >= 4 is 5.97 Å². The Kier molecular flexibility index (Phi) is 3.75. The molecule has 0 radical (unpaired) electrons. The van der Waals surface area contributed by atoms with Gasteiger partial charge in [0.2, 0.25) is 0 Å². The molecular formula is C11H16N2O4. The fourth-order valence-corrected chi connectivity index (χ4v) is 1.98. The topological polar surface area (TPSA) is 64.8 Å². The van der Waals surface area contributed by atoms with Gasteiger partial charge in [-0.25, -0.2) is 4.79 Å². The van der Waals surface area contributed by atoms with Crippen LogP contribution in [-0.2, 0) is 20.8 Å². The van der Waals surface area contributed by atoms with Crippen LogP contribution < -0.4 is 0 Å². The maximum atomic E-state index is 11.5. The van der Waals surface area contributed by atoms with Gasteiger partial charge in [-0.1, -0.05) is 5.16 Å². The molecule has 1 saturated heterocycles. The van der Waals surface area contributed by atoms with E-state index in [9.17, 15) is 4.79 Å². The number of nitrogens with zero attached hydrogens (tertiary/aromatic N) is 2. The predicted molar refractivity (Wildman–Crippen MR) is 58.1 cm³/mol. The molecule has 0 aromatic carbocycles. The molecular weight excluding hydrogens is 224 g/mol. The standard InChI is InChI=1S/C11H16N2O4/c1-8-5-13(6-9-3-4-16-12-9)7-10(17-8)11(14)15-2/h3-4,8,10H,5-7H2,1-2H3/t8-,10?/m1/s1. The Hall–Kier alpha value is -1.40. The Bertz CT molecular complexity index is 366. The van der Waals surface area contributed by atoms with E-state index < -0.39 is 6.10 Å². The van der Waals surface area contributed by atoms with E-state index in [0.717, 1.165) is 12.2 Å². The number of esters is 1. The van der Waals surface area contributed by atoms with Gasteiger partial charge in [0.15, 0.2) is 6.10 Å². The minimum atomic E-state index is -0.518. The first kappa shape index (κ1) is 12.1. The van der Waals surface area contributed by atoms with Crippen molar-refractivity contribution in [1.82, 2.24) is 10.1 Å². The fourth-order valence-electron chi connectivity index (χ4n) is 1.98. The van der Waals surface area contributed by atoms with E-state index in [4.69, 9.17) is 14.0 Å². The lowest BCUT2D eigenvalue weighted by Crippen LogP contribution is -2.49. The summed E-state index contributed by atoms with van der Waals surface area (Å²) in [5, 5.41) is 3.85. The van der Waals surface area contributed by atoms with Crippen LogP contribution in [-0.4, -0.2) is 48.4 Å². The lowest BCUT2D eigenvalue weighted by Gasteiger charge is -2.34. The Morgan fingerprint density at radius 2 is 2.47 bits per heavy atom. The minimum Gasteiger partial charge on any atom is -0.467 e. The summed E-state index contributed by atoms with van der Waals surface area (Å²) in [6.07, 6.45) is 1.02. The highest BCUT2D eigenvalue weighted by molar-refractivity contribution is 5.74. The van der Waals surface area contributed by atoms with E-state index in [2.05, 4.69) is 10.1 Å². The zero-order valence-corrected chi connectivity index (χ0v) is 9.96. The van der Waals surface area contributed by atoms with Gasteiger partial charge < -0.3 is 14.0 Å². The average molecular weight is 240 g/mol. The van der Waals surface area contributed by atoms with Crippen LogP contribution in [0.4, 0.5) is 0 Å². The molecule has 0 spiro atoms. The maximum Gasteiger partial charge on any atom is 0.336 e. The molecule has 0 amide bonds. The molecule has 1 aliphatic rings. The van der Waals surface area contributed by atoms with Crippen molar-refractivity contribution in [2.45, 2.75) is 25.7 Å². The third-order valence-corrected chi connectivity index (χ3v) is 2.68. The van der Waals surface area contributed by atoms with Crippen molar-refractivity contribution in [3.8, 4) is 0 Å². The van der Waals surface area contributed by atoms with Crippen molar-refractivity contribution in [2.75, 3.05) is 20.2 Å². The molecule has 2 atom stereocenters. The molecule has 0 N–H and O–H groups in total. The smallest absolute Gasteiger partial charge is 0.336 e. The third kappa shape index (κ3) is 3.04. The highest BCUT2D eigenvalue weighted by Crippen LogP contribution is 2.14. The van der Waals surface area contributed by atoms with Crippen LogP contribution in [0.2, 0.25) is 0 Å². The van der Waals surface area contributed by atoms with Crippen LogP contribution >= 0.6 is 0 Å². The zero-order chi connectivity index (χ0) is 12.3. The number of aromatic nitrogens is 1. The largest absolute Gasteiger partial charge is 0.467 e. The molecule has 2 heterocycles. The van der Waals surface area contributed by atoms with Crippen LogP contribution in [0.1, 0.15) is 12.6 Å². The number of rotatable bonds is 3. The summed E-state index contributed by atoms with van der Waals surface area (Å²) in [4.78, 5) is 13.6. The number of carbonyl (C=O) groups excluding carboxylic acids is 1. The second-order valence-corrected chi connectivity index (χ2v) is 4.14. The molecule has 6 heteroatoms. The summed E-state index contributed by atoms with van der Waals surface area (Å²) in [5.74, 6) is -0.332. The zero-order valence-electron chi connectivity index (χ0n) is 9.96. The van der Waals surface area contributed by atoms with Gasteiger partial charge in [0.1, 0.15) is 6.26 Å². The monoisotopic (exact) mass is 240 g/mol. The van der Waals surface area contributed by atoms with Gasteiger partial charge >= 0.3 is 5.97 Å². The van der Waals surface area contributed by atoms with E-state index in [0.29, 0.717) is 13.1 Å². The maximum absolute atomic E-state index is 11.5. The van der Waals surface area contributed by atoms with Crippen molar-refractivity contribution < 1.29 is 18.8 Å². The number of carbonyl (C=O) groups is 1. The van der Waals surface area contributed by atoms with Gasteiger partial charge in [0.05, 0.1) is 18.9 Å². The molecule has 1 aromatic rings. The fraction of sp³-hybridized carbons (Fsp3) is 0.636. The first-order valence-corrected chi connectivity index (χ1v) is 5.54. The minimum absolute atomic E-state index is 0.000231. The van der Waals surface area contributed by atoms with Crippen LogP contribution in [0.3, 0.4) is 0 Å². The summed E-state index contributed by atoms with van der Waals surface area (Å²) < 4.78 is 15.0. The Balaban J connectivity index is 1.96. The summed E-state index contributed by atoms with van der Waals surface area (Å²) in [6.45, 7) is 3.87. The molecule has 0 saturated carbocycles. The normalized spacial score (nSPS) is 25.8. The number of methoxy groups -OCH3 is 1. The highest BCUT2D eigenvalue weighted by Gasteiger charge is 2.31. The van der Waals surface area contributed by atoms with Crippen molar-refractivity contribution in [1.29, 1.82) is 0 Å². The highest BCUT2D eigenvalue weighted by atomic mass is 16.6. The van der Waals surface area contributed by atoms with E-state index in [1.807, 2.05) is 13.0 Å². The number of morpholine rings is 1. The first-order chi connectivity index (χ1) is 8.19. The quantitative estimate of drug-likeness (QED) is 0.714. The molecule has 1 unspecified atom stereocenters. The Morgan fingerprint density at radius 3 is 3.12 bits per heavy atom. The van der Waals surface area contributed by atoms with Crippen molar-refractivity contribution in [3.63, 3.8) is 0 Å². The molecule has 2 rings (SSSR count). The van der Waals surface area contributed by atoms with E-state index in [1.54, 1.807) is 0 Å². The second-order valence-electron chi connectivity index (χ2n) is 4.14. The van der Waals surface area contributed by atoms with Crippen LogP contribution in [0.5, 0.6) is 0 Å². The van der Waals surface area contributed by atoms with Gasteiger partial charge in [-0.15, -0.1) is 0 Å². The third-order valence-electron chi connectivity index (χ3n) is 2.68. The van der Waals surface area contributed by atoms with Crippen molar-refractivity contribution in [2.24, 2.45) is 0 Å². The average Bonchev–Trinajstić information content (AvgIpc) is 2.80. The summed E-state index contributed by atoms with van der Waals surface area (Å²) in [6, 6.07) is 1.81. The predicted octanol–water partition coefficient (Wildman–Crippen LogP) is 0.437. The van der Waals surface area contributed by atoms with Gasteiger partial charge in [-0.2, -0.15) is 0 Å². The van der Waals surface area contributed by atoms with Crippen LogP contribution in [0, 0.1) is 0 Å². The number of hydrogen-bond donors (Lipinski definition) is 0. The number of hydrogen-bond acceptors (Lipinski definition) is 6. The molecule has 6 nitrogen and oxygen atoms in total. The molecule has 94 valence electrons. The van der Waals surface area contributed by atoms with Gasteiger partial charge in [-0.3, -0.25) is 4.90 Å². The van der Waals surface area contributed by atoms with Gasteiger partial charge in [-0.05, 0) is 6.92 Å². The van der Waals surface area contributed by atoms with E-state index in [-0.39, 0.29) is 12.1 Å². The SMILES string of the molecule is COC(=O)C1CN(Cc2ccon2)C[C@@H](C)O1. The molecule has 1 aliphatic heterocycles. The molecule has 0 bridgehead atoms. The molecule has 0 aliphatic carbocycles. The molecule has 17 heavy (non-hydrogen) atoms. The van der Waals surface area contributed by atoms with Crippen LogP contribution in [0.25, 0.3) is 0 Å². The summed E-state index contributed by atoms with van der Waals surface area (Å²) in [5.41, 5.74) is 0.850. The molecule has 1 aromatic heterocycles. The van der Waals surface area contributed by atoms with E-state index in [1.165, 1.54) is 13.4 Å². The Labute approximate surface area is 99.5 Å². The summed E-state index contributed by atoms with van der Waals surface area (Å²) >= 11 is 0. The lowest BCUT2D eigenvalue weighted by molar-refractivity contribution is -0.166. The first-order valence-electron chi connectivity index (χ1n) is 5.54. The molecule has 1 fully saturated rings. The summed E-state index contributed by atoms with van der Waals surface area (Å²) in [7, 11) is 1.37. The van der Waals surface area contributed by atoms with Gasteiger partial charge in [0.25, 0.3) is 0 Å². The van der Waals surface area contributed by atoms with Crippen molar-refractivity contribution in [3.05, 3.63) is 18.0 Å².